The van der Waals surface area contributed by atoms with Gasteiger partial charge in [0.15, 0.2) is 0 Å². The molecule has 0 aliphatic rings. The van der Waals surface area contributed by atoms with E-state index < -0.39 is 11.9 Å². The summed E-state index contributed by atoms with van der Waals surface area (Å²) in [7, 11) is 0. The van der Waals surface area contributed by atoms with Gasteiger partial charge in [-0.2, -0.15) is 0 Å². The van der Waals surface area contributed by atoms with Crippen molar-refractivity contribution in [2.45, 2.75) is 13.8 Å². The Morgan fingerprint density at radius 2 is 0.769 bits per heavy atom. The molecule has 0 aromatic rings. The van der Waals surface area contributed by atoms with Crippen LogP contribution in [0.25, 0.3) is 24.6 Å². The zero-order valence-electron chi connectivity index (χ0n) is 7.24. The second kappa shape index (κ2) is 42.7. The molecule has 0 saturated carbocycles. The molecule has 0 unspecified atom stereocenters. The van der Waals surface area contributed by atoms with Crippen molar-refractivity contribution in [1.29, 1.82) is 0 Å². The average molecular weight is 246 g/mol. The molecule has 0 aromatic heterocycles. The predicted molar refractivity (Wildman–Crippen MR) is 42.5 cm³/mol. The molecule has 8 N–H and O–H groups in total. The molecule has 89 valence electrons. The maximum atomic E-state index is 8.89. The summed E-state index contributed by atoms with van der Waals surface area (Å²) in [6.07, 6.45) is 0. The first kappa shape index (κ1) is 55.9. The Bertz CT molecular complexity index is 82.1. The fourth-order valence-electron chi connectivity index (χ4n) is 0. The second-order valence-corrected chi connectivity index (χ2v) is 0.983. The zero-order valence-corrected chi connectivity index (χ0v) is 8.19. The minimum atomic E-state index is -1.08. The van der Waals surface area contributed by atoms with Crippen LogP contribution < -0.4 is 10.2 Å². The van der Waals surface area contributed by atoms with Crippen molar-refractivity contribution < 1.29 is 36.9 Å². The van der Waals surface area contributed by atoms with Gasteiger partial charge in [-0.25, -0.2) is 0 Å². The fourth-order valence-corrected chi connectivity index (χ4v) is 0. The molecule has 0 rings (SSSR count). The fraction of sp³-hybridized carbons (Fsp3) is 0.500. The Morgan fingerprint density at radius 1 is 0.769 bits per heavy atom. The molecule has 1 radical (unpaired) electrons. The number of hydrogen-bond acceptors (Lipinski definition) is 4. The zero-order chi connectivity index (χ0) is 7.15. The topological polar surface area (TPSA) is 214 Å². The van der Waals surface area contributed by atoms with Gasteiger partial charge in [0, 0.05) is 11.9 Å². The van der Waals surface area contributed by atoms with E-state index in [1.54, 1.807) is 0 Å². The third-order valence-corrected chi connectivity index (χ3v) is 0. The quantitative estimate of drug-likeness (QED) is 0.552. The summed E-state index contributed by atoms with van der Waals surface area (Å²) < 4.78 is 0. The first-order valence-electron chi connectivity index (χ1n) is 1.82. The summed E-state index contributed by atoms with van der Waals surface area (Å²) in [6.45, 7) is 1.94. The Kier molecular flexibility index (Phi) is 184. The van der Waals surface area contributed by atoms with Crippen molar-refractivity contribution in [3.05, 3.63) is 24.6 Å². The van der Waals surface area contributed by atoms with Gasteiger partial charge in [0.2, 0.25) is 0 Å². The van der Waals surface area contributed by atoms with Crippen LogP contribution in [0.15, 0.2) is 0 Å². The van der Waals surface area contributed by atoms with Gasteiger partial charge in [0.1, 0.15) is 0 Å². The van der Waals surface area contributed by atoms with Gasteiger partial charge in [-0.05, 0) is 13.8 Å². The van der Waals surface area contributed by atoms with Crippen LogP contribution in [0.2, 0.25) is 0 Å². The van der Waals surface area contributed by atoms with Gasteiger partial charge in [-0.3, -0.25) is 0 Å². The summed E-state index contributed by atoms with van der Waals surface area (Å²) in [4.78, 5) is 17.8. The molecule has 0 spiro atoms. The van der Waals surface area contributed by atoms with E-state index >= 15 is 0 Å². The van der Waals surface area contributed by atoms with E-state index in [-0.39, 0.29) is 41.7 Å². The minimum absolute atomic E-state index is 0. The normalized spacial score (nSPS) is 3.85. The Balaban J connectivity index is -0.00000000800. The minimum Gasteiger partial charge on any atom is -0.693 e. The number of carbonyl (C=O) groups is 2. The third kappa shape index (κ3) is 1990. The number of carbonyl (C=O) groups excluding carboxylic acids is 2. The van der Waals surface area contributed by atoms with Gasteiger partial charge in [-0.1, -0.05) is 0 Å². The van der Waals surface area contributed by atoms with E-state index in [4.69, 9.17) is 19.8 Å². The van der Waals surface area contributed by atoms with Crippen molar-refractivity contribution in [3.8, 4) is 0 Å². The molecule has 0 aliphatic carbocycles. The van der Waals surface area contributed by atoms with Crippen LogP contribution >= 0.6 is 0 Å². The molecule has 0 saturated heterocycles. The Labute approximate surface area is 87.9 Å². The summed E-state index contributed by atoms with van der Waals surface area (Å²) >= 11 is 0. The van der Waals surface area contributed by atoms with E-state index in [1.807, 2.05) is 0 Å². The number of carboxylic acids is 2. The van der Waals surface area contributed by atoms with Crippen LogP contribution in [0.1, 0.15) is 13.8 Å². The molecule has 0 atom stereocenters. The summed E-state index contributed by atoms with van der Waals surface area (Å²) in [5, 5.41) is 17.8. The molecule has 0 amide bonds. The van der Waals surface area contributed by atoms with E-state index in [0.29, 0.717) is 0 Å². The first-order chi connectivity index (χ1) is 3.46. The van der Waals surface area contributed by atoms with Crippen molar-refractivity contribution in [1.82, 2.24) is 0 Å². The van der Waals surface area contributed by atoms with Crippen molar-refractivity contribution >= 4 is 11.9 Å². The first-order valence-corrected chi connectivity index (χ1v) is 1.82. The van der Waals surface area contributed by atoms with Crippen LogP contribution in [-0.4, -0.2) is 11.9 Å². The number of nitrogens with two attached hydrogens (primary N) is 4. The van der Waals surface area contributed by atoms with Crippen molar-refractivity contribution in [2.24, 2.45) is 0 Å². The van der Waals surface area contributed by atoms with Crippen LogP contribution in [0.4, 0.5) is 0 Å². The maximum absolute atomic E-state index is 8.89. The predicted octanol–water partition coefficient (Wildman–Crippen LogP) is 0.378. The number of aliphatic carboxylic acids is 2. The molecule has 0 bridgehead atoms. The third-order valence-electron chi connectivity index (χ3n) is 0. The van der Waals surface area contributed by atoms with Gasteiger partial charge in [0.25, 0.3) is 0 Å². The number of carboxylic acid groups (broad SMARTS) is 2. The second-order valence-electron chi connectivity index (χ2n) is 0.983. The van der Waals surface area contributed by atoms with E-state index in [0.717, 1.165) is 13.8 Å². The standard InChI is InChI=1S/2C2H4O2.Cu.4H2N/c2*1-2(3)4;;;;;/h2*1H3,(H,3,4);;4*1H2/q;;+2;4*-1/p-2. The van der Waals surface area contributed by atoms with Crippen molar-refractivity contribution in [2.75, 3.05) is 0 Å². The largest absolute Gasteiger partial charge is 2.00 e. The van der Waals surface area contributed by atoms with E-state index in [1.165, 1.54) is 0 Å². The SMILES string of the molecule is CC(=O)[O-].CC(=O)[O-].[Cu+2].[NH2-].[NH2-].[NH2-].[NH2-]. The molecule has 0 heterocycles. The maximum Gasteiger partial charge on any atom is 2.00 e. The average Bonchev–Trinajstić information content (AvgIpc) is 1.25. The van der Waals surface area contributed by atoms with Crippen LogP contribution in [-0.2, 0) is 26.7 Å². The van der Waals surface area contributed by atoms with Gasteiger partial charge < -0.3 is 44.4 Å². The Morgan fingerprint density at radius 3 is 0.769 bits per heavy atom. The molecular weight excluding hydrogens is 232 g/mol. The molecule has 0 fully saturated rings. The number of hydrogen-bond donors (Lipinski definition) is 0. The molecule has 0 aromatic carbocycles. The van der Waals surface area contributed by atoms with E-state index in [2.05, 4.69) is 0 Å². The van der Waals surface area contributed by atoms with Crippen molar-refractivity contribution in [3.63, 3.8) is 0 Å². The summed E-state index contributed by atoms with van der Waals surface area (Å²) in [5.41, 5.74) is 0. The van der Waals surface area contributed by atoms with Gasteiger partial charge >= 0.3 is 17.1 Å². The molecule has 13 heavy (non-hydrogen) atoms. The summed E-state index contributed by atoms with van der Waals surface area (Å²) in [6, 6.07) is 0. The van der Waals surface area contributed by atoms with Gasteiger partial charge in [-0.15, -0.1) is 0 Å². The number of rotatable bonds is 0. The molecule has 0 aliphatic heterocycles. The molecule has 8 nitrogen and oxygen atoms in total. The van der Waals surface area contributed by atoms with E-state index in [9.17, 15) is 0 Å². The van der Waals surface area contributed by atoms with Crippen LogP contribution in [0.3, 0.4) is 0 Å². The van der Waals surface area contributed by atoms with Crippen LogP contribution in [0, 0.1) is 0 Å². The Hall–Kier alpha value is -0.701. The van der Waals surface area contributed by atoms with Gasteiger partial charge in [0.05, 0.1) is 0 Å². The molecule has 9 heteroatoms. The smallest absolute Gasteiger partial charge is 0.693 e. The molecular formula is C4H14CuN4O4-4. The monoisotopic (exact) mass is 245 g/mol. The summed E-state index contributed by atoms with van der Waals surface area (Å²) in [5.74, 6) is -2.17. The van der Waals surface area contributed by atoms with Crippen LogP contribution in [0.5, 0.6) is 0 Å².